The lowest BCUT2D eigenvalue weighted by Crippen LogP contribution is -2.32. The number of anilines is 1. The van der Waals surface area contributed by atoms with Gasteiger partial charge in [0.25, 0.3) is 0 Å². The molecule has 7 heteroatoms. The third-order valence-corrected chi connectivity index (χ3v) is 6.35. The molecular weight excluding hydrogens is 438 g/mol. The van der Waals surface area contributed by atoms with E-state index in [4.69, 9.17) is 4.42 Å². The summed E-state index contributed by atoms with van der Waals surface area (Å²) in [5.41, 5.74) is 1.94. The van der Waals surface area contributed by atoms with Crippen molar-refractivity contribution in [2.75, 3.05) is 24.5 Å². The first-order valence-electron chi connectivity index (χ1n) is 9.36. The van der Waals surface area contributed by atoms with E-state index in [0.717, 1.165) is 28.9 Å². The molecular formula is C21H22BrN3O2S. The molecule has 1 atom stereocenters. The molecule has 1 N–H and O–H groups in total. The van der Waals surface area contributed by atoms with Crippen molar-refractivity contribution in [1.82, 2.24) is 10.3 Å². The zero-order valence-electron chi connectivity index (χ0n) is 15.7. The first-order chi connectivity index (χ1) is 13.6. The summed E-state index contributed by atoms with van der Waals surface area (Å²) < 4.78 is 6.81. The average molecular weight is 460 g/mol. The second kappa shape index (κ2) is 8.49. The number of hydrogen-bond donors (Lipinski definition) is 1. The van der Waals surface area contributed by atoms with Crippen molar-refractivity contribution in [2.45, 2.75) is 19.8 Å². The Kier molecular flexibility index (Phi) is 5.82. The van der Waals surface area contributed by atoms with Gasteiger partial charge >= 0.3 is 0 Å². The number of benzene rings is 1. The fourth-order valence-corrected chi connectivity index (χ4v) is 4.51. The molecule has 1 saturated heterocycles. The predicted octanol–water partition coefficient (Wildman–Crippen LogP) is 4.66. The summed E-state index contributed by atoms with van der Waals surface area (Å²) in [6.07, 6.45) is 1.33. The first kappa shape index (κ1) is 19.2. The van der Waals surface area contributed by atoms with Crippen LogP contribution in [0.5, 0.6) is 0 Å². The summed E-state index contributed by atoms with van der Waals surface area (Å²) in [6.45, 7) is 4.53. The predicted molar refractivity (Wildman–Crippen MR) is 116 cm³/mol. The van der Waals surface area contributed by atoms with E-state index in [1.165, 1.54) is 5.69 Å². The molecule has 1 unspecified atom stereocenters. The molecule has 4 rings (SSSR count). The Morgan fingerprint density at radius 3 is 3.07 bits per heavy atom. The fourth-order valence-electron chi connectivity index (χ4n) is 3.48. The summed E-state index contributed by atoms with van der Waals surface area (Å²) in [7, 11) is 0. The van der Waals surface area contributed by atoms with Crippen molar-refractivity contribution >= 4 is 38.9 Å². The average Bonchev–Trinajstić information content (AvgIpc) is 3.42. The number of carbonyl (C=O) groups is 1. The molecule has 0 radical (unpaired) electrons. The van der Waals surface area contributed by atoms with Crippen LogP contribution in [0.1, 0.15) is 17.9 Å². The second-order valence-corrected chi connectivity index (χ2v) is 8.92. The van der Waals surface area contributed by atoms with E-state index in [1.54, 1.807) is 11.3 Å². The van der Waals surface area contributed by atoms with Gasteiger partial charge in [-0.25, -0.2) is 4.98 Å². The number of oxazole rings is 1. The molecule has 146 valence electrons. The topological polar surface area (TPSA) is 58.4 Å². The molecule has 1 aromatic carbocycles. The minimum absolute atomic E-state index is 0.00460. The summed E-state index contributed by atoms with van der Waals surface area (Å²) in [4.78, 5) is 20.3. The van der Waals surface area contributed by atoms with E-state index in [2.05, 4.69) is 49.3 Å². The molecule has 1 amide bonds. The number of halogens is 1. The number of thiophene rings is 1. The lowest BCUT2D eigenvalue weighted by Gasteiger charge is -2.19. The molecule has 1 fully saturated rings. The van der Waals surface area contributed by atoms with Crippen LogP contribution in [0.4, 0.5) is 5.69 Å². The van der Waals surface area contributed by atoms with Crippen LogP contribution in [0.3, 0.4) is 0 Å². The second-order valence-electron chi connectivity index (χ2n) is 7.06. The van der Waals surface area contributed by atoms with Gasteiger partial charge < -0.3 is 14.6 Å². The van der Waals surface area contributed by atoms with Gasteiger partial charge in [0.05, 0.1) is 17.0 Å². The van der Waals surface area contributed by atoms with Crippen LogP contribution in [0, 0.1) is 12.8 Å². The molecule has 1 aliphatic heterocycles. The van der Waals surface area contributed by atoms with Crippen LogP contribution in [0.25, 0.3) is 10.8 Å². The number of amides is 1. The largest absolute Gasteiger partial charge is 0.440 e. The molecule has 2 aromatic heterocycles. The smallest absolute Gasteiger partial charge is 0.236 e. The highest BCUT2D eigenvalue weighted by Gasteiger charge is 2.23. The Morgan fingerprint density at radius 2 is 2.29 bits per heavy atom. The normalized spacial score (nSPS) is 16.5. The van der Waals surface area contributed by atoms with Gasteiger partial charge in [0.1, 0.15) is 5.76 Å². The Morgan fingerprint density at radius 1 is 1.39 bits per heavy atom. The van der Waals surface area contributed by atoms with Crippen molar-refractivity contribution in [2.24, 2.45) is 5.92 Å². The third-order valence-electron chi connectivity index (χ3n) is 5.00. The molecule has 1 aliphatic rings. The molecule has 0 spiro atoms. The van der Waals surface area contributed by atoms with E-state index in [9.17, 15) is 4.79 Å². The quantitative estimate of drug-likeness (QED) is 0.582. The summed E-state index contributed by atoms with van der Waals surface area (Å²) >= 11 is 5.11. The van der Waals surface area contributed by atoms with Crippen molar-refractivity contribution in [3.8, 4) is 10.8 Å². The van der Waals surface area contributed by atoms with E-state index < -0.39 is 0 Å². The van der Waals surface area contributed by atoms with Crippen LogP contribution in [0.2, 0.25) is 0 Å². The molecule has 0 saturated carbocycles. The third kappa shape index (κ3) is 4.47. The lowest BCUT2D eigenvalue weighted by atomic mass is 10.1. The number of nitrogens with one attached hydrogen (secondary N) is 1. The van der Waals surface area contributed by atoms with Gasteiger partial charge in [-0.3, -0.25) is 4.79 Å². The Bertz CT molecular complexity index is 954. The van der Waals surface area contributed by atoms with Gasteiger partial charge in [-0.15, -0.1) is 11.3 Å². The fraction of sp³-hybridized carbons (Fsp3) is 0.333. The van der Waals surface area contributed by atoms with Gasteiger partial charge in [0.2, 0.25) is 11.8 Å². The number of hydrogen-bond acceptors (Lipinski definition) is 5. The monoisotopic (exact) mass is 459 g/mol. The van der Waals surface area contributed by atoms with Crippen LogP contribution in [-0.4, -0.2) is 30.5 Å². The van der Waals surface area contributed by atoms with Gasteiger partial charge in [0.15, 0.2) is 0 Å². The SMILES string of the molecule is Cc1oc(-c2cccs2)nc1CC(=O)NCC1CCN(c2cccc(Br)c2)C1. The van der Waals surface area contributed by atoms with Gasteiger partial charge in [-0.1, -0.05) is 28.1 Å². The zero-order chi connectivity index (χ0) is 19.5. The highest BCUT2D eigenvalue weighted by atomic mass is 79.9. The molecule has 0 aliphatic carbocycles. The van der Waals surface area contributed by atoms with E-state index in [-0.39, 0.29) is 12.3 Å². The highest BCUT2D eigenvalue weighted by molar-refractivity contribution is 9.10. The van der Waals surface area contributed by atoms with E-state index in [0.29, 0.717) is 29.8 Å². The van der Waals surface area contributed by atoms with Crippen LogP contribution in [0.15, 0.2) is 50.7 Å². The van der Waals surface area contributed by atoms with Crippen molar-refractivity contribution in [3.05, 3.63) is 57.7 Å². The summed E-state index contributed by atoms with van der Waals surface area (Å²) in [6, 6.07) is 12.3. The molecule has 0 bridgehead atoms. The van der Waals surface area contributed by atoms with Crippen molar-refractivity contribution in [3.63, 3.8) is 0 Å². The minimum atomic E-state index is -0.00460. The van der Waals surface area contributed by atoms with Gasteiger partial charge in [0, 0.05) is 29.8 Å². The van der Waals surface area contributed by atoms with Gasteiger partial charge in [-0.2, -0.15) is 0 Å². The van der Waals surface area contributed by atoms with E-state index in [1.807, 2.05) is 30.5 Å². The first-order valence-corrected chi connectivity index (χ1v) is 11.0. The van der Waals surface area contributed by atoms with Crippen molar-refractivity contribution < 1.29 is 9.21 Å². The van der Waals surface area contributed by atoms with E-state index >= 15 is 0 Å². The zero-order valence-corrected chi connectivity index (χ0v) is 18.1. The number of rotatable bonds is 6. The summed E-state index contributed by atoms with van der Waals surface area (Å²) in [5, 5.41) is 5.06. The highest BCUT2D eigenvalue weighted by Crippen LogP contribution is 2.27. The number of aromatic nitrogens is 1. The molecule has 5 nitrogen and oxygen atoms in total. The molecule has 3 aromatic rings. The Hall–Kier alpha value is -2.12. The molecule has 28 heavy (non-hydrogen) atoms. The Labute approximate surface area is 176 Å². The minimum Gasteiger partial charge on any atom is -0.440 e. The lowest BCUT2D eigenvalue weighted by molar-refractivity contribution is -0.120. The standard InChI is InChI=1S/C21H22BrN3O2S/c1-14-18(24-21(27-14)19-6-3-9-28-19)11-20(26)23-12-15-7-8-25(13-15)17-5-2-4-16(22)10-17/h2-6,9-10,15H,7-8,11-13H2,1H3,(H,23,26). The van der Waals surface area contributed by atoms with Gasteiger partial charge in [-0.05, 0) is 48.9 Å². The number of carbonyl (C=O) groups excluding carboxylic acids is 1. The number of aryl methyl sites for hydroxylation is 1. The maximum absolute atomic E-state index is 12.4. The maximum atomic E-state index is 12.4. The summed E-state index contributed by atoms with van der Waals surface area (Å²) in [5.74, 6) is 1.76. The van der Waals surface area contributed by atoms with Crippen LogP contribution >= 0.6 is 27.3 Å². The Balaban J connectivity index is 1.28. The van der Waals surface area contributed by atoms with Crippen molar-refractivity contribution in [1.29, 1.82) is 0 Å². The number of nitrogens with zero attached hydrogens (tertiary/aromatic N) is 2. The molecule has 3 heterocycles. The van der Waals surface area contributed by atoms with Crippen LogP contribution < -0.4 is 10.2 Å². The maximum Gasteiger partial charge on any atom is 0.236 e. The van der Waals surface area contributed by atoms with Crippen LogP contribution in [-0.2, 0) is 11.2 Å².